The highest BCUT2D eigenvalue weighted by atomic mass is 16.7. The third-order valence-electron chi connectivity index (χ3n) is 8.90. The molecule has 6 rings (SSSR count). The van der Waals surface area contributed by atoms with E-state index in [0.29, 0.717) is 11.8 Å². The Morgan fingerprint density at radius 2 is 2.00 bits per heavy atom. The molecule has 0 amide bonds. The Hall–Kier alpha value is -2.51. The number of aliphatic hydroxyl groups excluding tert-OH is 1. The van der Waals surface area contributed by atoms with Crippen LogP contribution in [-0.4, -0.2) is 23.7 Å². The molecule has 0 spiro atoms. The van der Waals surface area contributed by atoms with Gasteiger partial charge in [-0.25, -0.2) is 0 Å². The van der Waals surface area contributed by atoms with Gasteiger partial charge in [-0.2, -0.15) is 0 Å². The molecule has 1 aromatic carbocycles. The van der Waals surface area contributed by atoms with Crippen LogP contribution in [0, 0.1) is 40.4 Å². The highest BCUT2D eigenvalue weighted by Gasteiger charge is 2.59. The molecule has 0 aromatic heterocycles. The molecule has 2 saturated carbocycles. The van der Waals surface area contributed by atoms with E-state index in [-0.39, 0.29) is 30.1 Å². The molecule has 4 nitrogen and oxygen atoms in total. The second-order valence-electron chi connectivity index (χ2n) is 10.4. The van der Waals surface area contributed by atoms with Crippen LogP contribution in [0.4, 0.5) is 0 Å². The van der Waals surface area contributed by atoms with E-state index in [9.17, 15) is 5.11 Å². The fourth-order valence-electron chi connectivity index (χ4n) is 7.47. The van der Waals surface area contributed by atoms with Gasteiger partial charge in [0.25, 0.3) is 0 Å². The van der Waals surface area contributed by atoms with Gasteiger partial charge in [-0.1, -0.05) is 24.5 Å². The zero-order chi connectivity index (χ0) is 22.0. The predicted molar refractivity (Wildman–Crippen MR) is 124 cm³/mol. The first kappa shape index (κ1) is 20.1. The monoisotopic (exact) mass is 429 g/mol. The largest absolute Gasteiger partial charge is 0.454 e. The number of hydrogen-bond donors (Lipinski definition) is 2. The second-order valence-corrected chi connectivity index (χ2v) is 10.4. The summed E-state index contributed by atoms with van der Waals surface area (Å²) < 4.78 is 11.3. The van der Waals surface area contributed by atoms with Crippen molar-refractivity contribution >= 4 is 5.71 Å². The SMILES string of the molecule is CC#CC1C[C@H]2[C@@H]3CCC4=CC(=N)CCC4=C3[C@@H](c3ccc4c(c3)OCO4)C[C@]2(C)[C@H]1O. The summed E-state index contributed by atoms with van der Waals surface area (Å²) in [7, 11) is 0. The quantitative estimate of drug-likeness (QED) is 0.590. The molecular weight excluding hydrogens is 398 g/mol. The summed E-state index contributed by atoms with van der Waals surface area (Å²) in [6.45, 7) is 4.47. The number of benzene rings is 1. The minimum atomic E-state index is -0.389. The van der Waals surface area contributed by atoms with Crippen molar-refractivity contribution in [2.45, 2.75) is 64.4 Å². The molecule has 0 bridgehead atoms. The molecule has 32 heavy (non-hydrogen) atoms. The highest BCUT2D eigenvalue weighted by Crippen LogP contribution is 2.65. The Balaban J connectivity index is 1.51. The van der Waals surface area contributed by atoms with Gasteiger partial charge in [-0.15, -0.1) is 5.92 Å². The van der Waals surface area contributed by atoms with Crippen LogP contribution in [0.1, 0.15) is 63.9 Å². The Kier molecular flexibility index (Phi) is 4.56. The first-order chi connectivity index (χ1) is 15.5. The molecule has 0 radical (unpaired) electrons. The minimum absolute atomic E-state index is 0.0632. The lowest BCUT2D eigenvalue weighted by Gasteiger charge is -2.52. The van der Waals surface area contributed by atoms with Crippen LogP contribution < -0.4 is 9.47 Å². The van der Waals surface area contributed by atoms with Crippen molar-refractivity contribution < 1.29 is 14.6 Å². The summed E-state index contributed by atoms with van der Waals surface area (Å²) in [5.74, 6) is 9.30. The van der Waals surface area contributed by atoms with Crippen molar-refractivity contribution in [3.05, 3.63) is 46.6 Å². The van der Waals surface area contributed by atoms with E-state index in [0.717, 1.165) is 55.7 Å². The zero-order valence-corrected chi connectivity index (χ0v) is 18.9. The maximum Gasteiger partial charge on any atom is 0.231 e. The maximum atomic E-state index is 11.4. The summed E-state index contributed by atoms with van der Waals surface area (Å²) in [4.78, 5) is 0. The number of rotatable bonds is 1. The Morgan fingerprint density at radius 1 is 1.16 bits per heavy atom. The van der Waals surface area contributed by atoms with Crippen LogP contribution in [0.25, 0.3) is 0 Å². The van der Waals surface area contributed by atoms with Crippen LogP contribution >= 0.6 is 0 Å². The first-order valence-corrected chi connectivity index (χ1v) is 12.0. The number of nitrogens with one attached hydrogen (secondary N) is 1. The molecule has 5 aliphatic rings. The molecular formula is C28H31NO3. The van der Waals surface area contributed by atoms with Crippen LogP contribution in [0.5, 0.6) is 11.5 Å². The standard InChI is InChI=1S/C28H31NO3/c1-3-4-18-12-23-21-8-5-16-11-19(29)7-9-20(16)26(21)22(14-28(23,2)27(18)30)17-6-10-24-25(13-17)32-15-31-24/h6,10-11,13,18,21-23,27,29-30H,5,7-9,12,14-15H2,1-2H3/t18?,21-,22+,23-,27-,28-/m0/s1. The second kappa shape index (κ2) is 7.25. The first-order valence-electron chi connectivity index (χ1n) is 12.0. The summed E-state index contributed by atoms with van der Waals surface area (Å²) >= 11 is 0. The average Bonchev–Trinajstić information content (AvgIpc) is 3.35. The third kappa shape index (κ3) is 2.83. The Labute approximate surface area is 190 Å². The number of ether oxygens (including phenoxy) is 2. The van der Waals surface area contributed by atoms with E-state index in [4.69, 9.17) is 14.9 Å². The zero-order valence-electron chi connectivity index (χ0n) is 18.9. The average molecular weight is 430 g/mol. The number of fused-ring (bicyclic) bond motifs is 5. The lowest BCUT2D eigenvalue weighted by atomic mass is 9.53. The molecule has 4 heteroatoms. The van der Waals surface area contributed by atoms with E-state index < -0.39 is 0 Å². The summed E-state index contributed by atoms with van der Waals surface area (Å²) in [6.07, 6.45) is 7.62. The molecule has 166 valence electrons. The molecule has 6 atom stereocenters. The van der Waals surface area contributed by atoms with Gasteiger partial charge in [0.2, 0.25) is 6.79 Å². The van der Waals surface area contributed by atoms with Crippen LogP contribution in [-0.2, 0) is 0 Å². The van der Waals surface area contributed by atoms with Gasteiger partial charge < -0.3 is 20.0 Å². The number of aliphatic hydroxyl groups is 1. The Morgan fingerprint density at radius 3 is 2.84 bits per heavy atom. The lowest BCUT2D eigenvalue weighted by Crippen LogP contribution is -2.45. The molecule has 1 aromatic rings. The topological polar surface area (TPSA) is 62.5 Å². The molecule has 4 aliphatic carbocycles. The van der Waals surface area contributed by atoms with Crippen molar-refractivity contribution in [1.82, 2.24) is 0 Å². The fraction of sp³-hybridized carbons (Fsp3) is 0.536. The van der Waals surface area contributed by atoms with E-state index in [1.54, 1.807) is 5.57 Å². The molecule has 1 unspecified atom stereocenters. The Bertz CT molecular complexity index is 1120. The smallest absolute Gasteiger partial charge is 0.231 e. The normalized spacial score (nSPS) is 37.2. The van der Waals surface area contributed by atoms with Crippen molar-refractivity contribution in [2.75, 3.05) is 6.79 Å². The van der Waals surface area contributed by atoms with Gasteiger partial charge in [0.15, 0.2) is 11.5 Å². The van der Waals surface area contributed by atoms with E-state index in [1.165, 1.54) is 16.7 Å². The van der Waals surface area contributed by atoms with Gasteiger partial charge in [-0.3, -0.25) is 0 Å². The molecule has 1 heterocycles. The van der Waals surface area contributed by atoms with E-state index in [1.807, 2.05) is 13.0 Å². The summed E-state index contributed by atoms with van der Waals surface area (Å²) in [5.41, 5.74) is 6.34. The highest BCUT2D eigenvalue weighted by molar-refractivity contribution is 5.95. The maximum absolute atomic E-state index is 11.4. The van der Waals surface area contributed by atoms with Crippen LogP contribution in [0.2, 0.25) is 0 Å². The van der Waals surface area contributed by atoms with Crippen molar-refractivity contribution in [3.63, 3.8) is 0 Å². The number of allylic oxidation sites excluding steroid dienone is 4. The molecule has 1 aliphatic heterocycles. The van der Waals surface area contributed by atoms with E-state index >= 15 is 0 Å². The van der Waals surface area contributed by atoms with Crippen LogP contribution in [0.15, 0.2) is 41.0 Å². The van der Waals surface area contributed by atoms with Crippen molar-refractivity contribution in [3.8, 4) is 23.3 Å². The van der Waals surface area contributed by atoms with Crippen molar-refractivity contribution in [1.29, 1.82) is 5.41 Å². The van der Waals surface area contributed by atoms with Crippen molar-refractivity contribution in [2.24, 2.45) is 23.2 Å². The predicted octanol–water partition coefficient (Wildman–Crippen LogP) is 5.38. The molecule has 0 saturated heterocycles. The minimum Gasteiger partial charge on any atom is -0.454 e. The summed E-state index contributed by atoms with van der Waals surface area (Å²) in [6, 6.07) is 6.40. The van der Waals surface area contributed by atoms with Gasteiger partial charge in [-0.05, 0) is 97.6 Å². The van der Waals surface area contributed by atoms with Crippen LogP contribution in [0.3, 0.4) is 0 Å². The van der Waals surface area contributed by atoms with Gasteiger partial charge in [0.05, 0.1) is 6.10 Å². The van der Waals surface area contributed by atoms with Gasteiger partial charge >= 0.3 is 0 Å². The van der Waals surface area contributed by atoms with Gasteiger partial charge in [0.1, 0.15) is 0 Å². The molecule has 2 N–H and O–H groups in total. The van der Waals surface area contributed by atoms with Gasteiger partial charge in [0, 0.05) is 17.5 Å². The van der Waals surface area contributed by atoms with E-state index in [2.05, 4.69) is 37.0 Å². The third-order valence-corrected chi connectivity index (χ3v) is 8.90. The lowest BCUT2D eigenvalue weighted by molar-refractivity contribution is -0.0102. The number of hydrogen-bond acceptors (Lipinski definition) is 4. The molecule has 2 fully saturated rings. The fourth-order valence-corrected chi connectivity index (χ4v) is 7.47. The summed E-state index contributed by atoms with van der Waals surface area (Å²) in [5, 5.41) is 19.7.